The summed E-state index contributed by atoms with van der Waals surface area (Å²) in [5, 5.41) is 11.7. The fourth-order valence-corrected chi connectivity index (χ4v) is 2.19. The molecule has 1 unspecified atom stereocenters. The Bertz CT molecular complexity index is 511. The Morgan fingerprint density at radius 3 is 2.81 bits per heavy atom. The molecule has 1 aliphatic carbocycles. The highest BCUT2D eigenvalue weighted by Gasteiger charge is 2.37. The van der Waals surface area contributed by atoms with Crippen molar-refractivity contribution >= 4 is 11.9 Å². The molecule has 2 rings (SSSR count). The zero-order chi connectivity index (χ0) is 15.2. The fraction of sp³-hybridized carbons (Fsp3) is 0.500. The standard InChI is InChI=1S/C16H21NO4/c1-2-8-21-13-5-3-4-11(9-13)10-14(18)17-15(16(19)20)12-6-7-12/h3-5,9,12,15H,2,6-8,10H2,1H3,(H,17,18)(H,19,20). The molecule has 0 spiro atoms. The Hall–Kier alpha value is -2.04. The molecule has 1 fully saturated rings. The van der Waals surface area contributed by atoms with Crippen LogP contribution in [0.2, 0.25) is 0 Å². The second-order valence-corrected chi connectivity index (χ2v) is 5.39. The van der Waals surface area contributed by atoms with Crippen LogP contribution in [0.3, 0.4) is 0 Å². The lowest BCUT2D eigenvalue weighted by Gasteiger charge is -2.13. The lowest BCUT2D eigenvalue weighted by atomic mass is 10.1. The first-order chi connectivity index (χ1) is 10.1. The molecule has 0 saturated heterocycles. The predicted molar refractivity (Wildman–Crippen MR) is 78.2 cm³/mol. The van der Waals surface area contributed by atoms with Crippen LogP contribution in [0, 0.1) is 5.92 Å². The molecule has 0 aliphatic heterocycles. The molecule has 1 aromatic carbocycles. The van der Waals surface area contributed by atoms with Gasteiger partial charge in [0.15, 0.2) is 0 Å². The molecular weight excluding hydrogens is 270 g/mol. The van der Waals surface area contributed by atoms with Gasteiger partial charge in [0, 0.05) is 0 Å². The summed E-state index contributed by atoms with van der Waals surface area (Å²) in [6, 6.07) is 6.59. The van der Waals surface area contributed by atoms with Crippen LogP contribution < -0.4 is 10.1 Å². The second-order valence-electron chi connectivity index (χ2n) is 5.39. The third-order valence-corrected chi connectivity index (χ3v) is 3.41. The van der Waals surface area contributed by atoms with Gasteiger partial charge in [-0.2, -0.15) is 0 Å². The van der Waals surface area contributed by atoms with Gasteiger partial charge >= 0.3 is 5.97 Å². The van der Waals surface area contributed by atoms with Gasteiger partial charge < -0.3 is 15.2 Å². The van der Waals surface area contributed by atoms with Gasteiger partial charge in [0.05, 0.1) is 13.0 Å². The van der Waals surface area contributed by atoms with Crippen molar-refractivity contribution in [3.8, 4) is 5.75 Å². The highest BCUT2D eigenvalue weighted by atomic mass is 16.5. The van der Waals surface area contributed by atoms with Gasteiger partial charge in [0.25, 0.3) is 0 Å². The average molecular weight is 291 g/mol. The minimum Gasteiger partial charge on any atom is -0.494 e. The van der Waals surface area contributed by atoms with Crippen molar-refractivity contribution in [2.45, 2.75) is 38.6 Å². The molecule has 1 aromatic rings. The van der Waals surface area contributed by atoms with E-state index in [1.165, 1.54) is 0 Å². The number of carboxylic acids is 1. The third kappa shape index (κ3) is 4.77. The Morgan fingerprint density at radius 1 is 1.43 bits per heavy atom. The van der Waals surface area contributed by atoms with Crippen LogP contribution in [0.15, 0.2) is 24.3 Å². The molecule has 1 atom stereocenters. The zero-order valence-electron chi connectivity index (χ0n) is 12.2. The quantitative estimate of drug-likeness (QED) is 0.768. The number of amides is 1. The summed E-state index contributed by atoms with van der Waals surface area (Å²) in [6.07, 6.45) is 2.83. The number of carbonyl (C=O) groups excluding carboxylic acids is 1. The second kappa shape index (κ2) is 7.11. The Kier molecular flexibility index (Phi) is 5.20. The topological polar surface area (TPSA) is 75.6 Å². The first-order valence-electron chi connectivity index (χ1n) is 7.34. The smallest absolute Gasteiger partial charge is 0.326 e. The Balaban J connectivity index is 1.91. The maximum Gasteiger partial charge on any atom is 0.326 e. The van der Waals surface area contributed by atoms with Gasteiger partial charge in [-0.25, -0.2) is 4.79 Å². The van der Waals surface area contributed by atoms with Crippen LogP contribution in [0.4, 0.5) is 0 Å². The molecule has 114 valence electrons. The van der Waals surface area contributed by atoms with Gasteiger partial charge in [-0.1, -0.05) is 19.1 Å². The maximum atomic E-state index is 12.0. The van der Waals surface area contributed by atoms with Crippen molar-refractivity contribution < 1.29 is 19.4 Å². The number of hydrogen-bond acceptors (Lipinski definition) is 3. The van der Waals surface area contributed by atoms with E-state index >= 15 is 0 Å². The summed E-state index contributed by atoms with van der Waals surface area (Å²) >= 11 is 0. The molecule has 0 radical (unpaired) electrons. The summed E-state index contributed by atoms with van der Waals surface area (Å²) in [4.78, 5) is 23.1. The van der Waals surface area contributed by atoms with E-state index < -0.39 is 12.0 Å². The zero-order valence-corrected chi connectivity index (χ0v) is 12.2. The van der Waals surface area contributed by atoms with Crippen molar-refractivity contribution in [1.29, 1.82) is 0 Å². The number of nitrogens with one attached hydrogen (secondary N) is 1. The lowest BCUT2D eigenvalue weighted by Crippen LogP contribution is -2.43. The van der Waals surface area contributed by atoms with Gasteiger partial charge in [-0.05, 0) is 42.9 Å². The van der Waals surface area contributed by atoms with Gasteiger partial charge in [-0.3, -0.25) is 4.79 Å². The van der Waals surface area contributed by atoms with E-state index in [4.69, 9.17) is 9.84 Å². The van der Waals surface area contributed by atoms with Crippen LogP contribution in [0.25, 0.3) is 0 Å². The van der Waals surface area contributed by atoms with E-state index in [1.807, 2.05) is 31.2 Å². The monoisotopic (exact) mass is 291 g/mol. The molecule has 21 heavy (non-hydrogen) atoms. The SMILES string of the molecule is CCCOc1cccc(CC(=O)NC(C(=O)O)C2CC2)c1. The summed E-state index contributed by atoms with van der Waals surface area (Å²) in [6.45, 7) is 2.67. The minimum atomic E-state index is -0.953. The summed E-state index contributed by atoms with van der Waals surface area (Å²) in [5.74, 6) is -0.391. The number of rotatable bonds is 8. The lowest BCUT2D eigenvalue weighted by molar-refractivity contribution is -0.142. The third-order valence-electron chi connectivity index (χ3n) is 3.41. The average Bonchev–Trinajstić information content (AvgIpc) is 3.27. The molecular formula is C16H21NO4. The van der Waals surface area contributed by atoms with E-state index in [9.17, 15) is 9.59 Å². The van der Waals surface area contributed by atoms with E-state index in [1.54, 1.807) is 0 Å². The normalized spacial score (nSPS) is 15.3. The Labute approximate surface area is 124 Å². The highest BCUT2D eigenvalue weighted by molar-refractivity contribution is 5.85. The van der Waals surface area contributed by atoms with Crippen LogP contribution >= 0.6 is 0 Å². The summed E-state index contributed by atoms with van der Waals surface area (Å²) in [5.41, 5.74) is 0.820. The molecule has 0 heterocycles. The van der Waals surface area contributed by atoms with E-state index in [0.29, 0.717) is 6.61 Å². The van der Waals surface area contributed by atoms with Crippen molar-refractivity contribution in [2.75, 3.05) is 6.61 Å². The number of carboxylic acid groups (broad SMARTS) is 1. The van der Waals surface area contributed by atoms with Crippen molar-refractivity contribution in [3.05, 3.63) is 29.8 Å². The van der Waals surface area contributed by atoms with E-state index in [2.05, 4.69) is 5.32 Å². The van der Waals surface area contributed by atoms with Gasteiger partial charge in [-0.15, -0.1) is 0 Å². The highest BCUT2D eigenvalue weighted by Crippen LogP contribution is 2.32. The van der Waals surface area contributed by atoms with Gasteiger partial charge in [0.1, 0.15) is 11.8 Å². The largest absolute Gasteiger partial charge is 0.494 e. The minimum absolute atomic E-state index is 0.0886. The van der Waals surface area contributed by atoms with E-state index in [0.717, 1.165) is 30.6 Å². The molecule has 0 bridgehead atoms. The Morgan fingerprint density at radius 2 is 2.19 bits per heavy atom. The number of ether oxygens (including phenoxy) is 1. The maximum absolute atomic E-state index is 12.0. The number of benzene rings is 1. The molecule has 0 aromatic heterocycles. The molecule has 1 aliphatic rings. The number of carbonyl (C=O) groups is 2. The van der Waals surface area contributed by atoms with Crippen LogP contribution in [-0.2, 0) is 16.0 Å². The number of aliphatic carboxylic acids is 1. The van der Waals surface area contributed by atoms with Crippen LogP contribution in [0.1, 0.15) is 31.7 Å². The predicted octanol–water partition coefficient (Wildman–Crippen LogP) is 2.00. The van der Waals surface area contributed by atoms with Crippen LogP contribution in [0.5, 0.6) is 5.75 Å². The van der Waals surface area contributed by atoms with Crippen molar-refractivity contribution in [2.24, 2.45) is 5.92 Å². The summed E-state index contributed by atoms with van der Waals surface area (Å²) in [7, 11) is 0. The number of hydrogen-bond donors (Lipinski definition) is 2. The van der Waals surface area contributed by atoms with Crippen LogP contribution in [-0.4, -0.2) is 29.6 Å². The first-order valence-corrected chi connectivity index (χ1v) is 7.34. The molecule has 2 N–H and O–H groups in total. The summed E-state index contributed by atoms with van der Waals surface area (Å²) < 4.78 is 5.52. The van der Waals surface area contributed by atoms with Crippen molar-refractivity contribution in [1.82, 2.24) is 5.32 Å². The molecule has 1 amide bonds. The molecule has 5 heteroatoms. The van der Waals surface area contributed by atoms with Gasteiger partial charge in [0.2, 0.25) is 5.91 Å². The molecule has 5 nitrogen and oxygen atoms in total. The van der Waals surface area contributed by atoms with E-state index in [-0.39, 0.29) is 18.2 Å². The fourth-order valence-electron chi connectivity index (χ4n) is 2.19. The first kappa shape index (κ1) is 15.4. The van der Waals surface area contributed by atoms with Crippen molar-refractivity contribution in [3.63, 3.8) is 0 Å². The molecule has 1 saturated carbocycles.